The van der Waals surface area contributed by atoms with E-state index in [0.717, 1.165) is 76.0 Å². The molecule has 246 valence electrons. The van der Waals surface area contributed by atoms with Crippen LogP contribution in [0.25, 0.3) is 0 Å². The van der Waals surface area contributed by atoms with Crippen molar-refractivity contribution in [3.63, 3.8) is 0 Å². The highest BCUT2D eigenvalue weighted by atomic mass is 16.3. The molecule has 4 heteroatoms. The van der Waals surface area contributed by atoms with E-state index in [1.54, 1.807) is 0 Å². The smallest absolute Gasteiger partial charge is 0.125 e. The summed E-state index contributed by atoms with van der Waals surface area (Å²) in [7, 11) is 0. The van der Waals surface area contributed by atoms with Gasteiger partial charge in [-0.15, -0.1) is 0 Å². The molecule has 4 nitrogen and oxygen atoms in total. The highest BCUT2D eigenvalue weighted by molar-refractivity contribution is 5.26. The molecule has 0 aromatic carbocycles. The first-order chi connectivity index (χ1) is 20.7. The lowest BCUT2D eigenvalue weighted by molar-refractivity contribution is -0.145. The van der Waals surface area contributed by atoms with E-state index < -0.39 is 11.2 Å². The summed E-state index contributed by atoms with van der Waals surface area (Å²) < 4.78 is 0. The summed E-state index contributed by atoms with van der Waals surface area (Å²) >= 11 is 0. The average Bonchev–Trinajstić information content (AvgIpc) is 3.47. The third kappa shape index (κ3) is 4.23. The molecule has 0 aromatic heterocycles. The first-order valence-electron chi connectivity index (χ1n) is 19.1. The van der Waals surface area contributed by atoms with Crippen LogP contribution in [-0.4, -0.2) is 43.8 Å². The summed E-state index contributed by atoms with van der Waals surface area (Å²) in [6.45, 7) is 9.79. The molecule has 16 atom stereocenters. The molecule has 0 aromatic rings. The molecule has 0 heterocycles. The second-order valence-corrected chi connectivity index (χ2v) is 19.3. The number of hydrogen-bond acceptors (Lipinski definition) is 4. The molecule has 0 unspecified atom stereocenters. The van der Waals surface area contributed by atoms with Gasteiger partial charge in [0.15, 0.2) is 0 Å². The summed E-state index contributed by atoms with van der Waals surface area (Å²) in [4.78, 5) is 0. The van der Waals surface area contributed by atoms with Crippen LogP contribution in [-0.2, 0) is 0 Å². The van der Waals surface area contributed by atoms with Crippen molar-refractivity contribution in [2.75, 3.05) is 0 Å². The van der Waals surface area contributed by atoms with Crippen molar-refractivity contribution in [2.45, 2.75) is 167 Å². The summed E-state index contributed by atoms with van der Waals surface area (Å²) in [6, 6.07) is 0. The summed E-state index contributed by atoms with van der Waals surface area (Å²) in [6.07, 6.45) is 18.8. The molecule has 4 N–H and O–H groups in total. The molecule has 0 radical (unpaired) electrons. The standard InChI is InChI=1S/C40H62O4/c1-35-17-19-39(43,23-25(35)5-7-27-29-9-11-33(41)37(29,3)15-13-31(27)35)21-22-40(44)20-18-36(2)26(24-40)6-8-28-30-10-12-34(42)38(30,4)16-14-32(28)36/h25-34,41-44H,5-20,23-24H2,1-4H3/t25-,26-,27-,28-,29+,30+,31-,32-,33-,34-,35-,36-,37-,38-,39+,40+/m0/s1. The SMILES string of the molecule is C[C@]12CC[C@H]3[C@@H](CC[C@H]4C[C@](O)(C#C[C@]5(O)CC[C@@]6(C)[C@@H](CC[C@H]7[C@H]8CC[C@H](O)[C@@]8(C)CC[C@@H]76)C5)CC[C@@]43C)[C@H]1CC[C@@H]2O. The molecule has 8 fully saturated rings. The molecule has 0 saturated heterocycles. The molecular formula is C40H62O4. The van der Waals surface area contributed by atoms with Gasteiger partial charge in [-0.25, -0.2) is 0 Å². The van der Waals surface area contributed by atoms with Gasteiger partial charge < -0.3 is 20.4 Å². The minimum Gasteiger partial charge on any atom is -0.393 e. The maximum absolute atomic E-state index is 11.9. The number of hydrogen-bond donors (Lipinski definition) is 4. The van der Waals surface area contributed by atoms with Crippen LogP contribution in [0.4, 0.5) is 0 Å². The van der Waals surface area contributed by atoms with Crippen LogP contribution in [0.1, 0.15) is 143 Å². The van der Waals surface area contributed by atoms with E-state index in [0.29, 0.717) is 35.5 Å². The van der Waals surface area contributed by atoms with Gasteiger partial charge in [-0.05, 0) is 185 Å². The molecule has 0 bridgehead atoms. The Morgan fingerprint density at radius 1 is 0.432 bits per heavy atom. The van der Waals surface area contributed by atoms with Crippen molar-refractivity contribution >= 4 is 0 Å². The van der Waals surface area contributed by atoms with Gasteiger partial charge >= 0.3 is 0 Å². The van der Waals surface area contributed by atoms with Crippen molar-refractivity contribution in [1.82, 2.24) is 0 Å². The molecule has 44 heavy (non-hydrogen) atoms. The van der Waals surface area contributed by atoms with E-state index in [-0.39, 0.29) is 33.9 Å². The van der Waals surface area contributed by atoms with Gasteiger partial charge in [0.2, 0.25) is 0 Å². The van der Waals surface area contributed by atoms with Gasteiger partial charge in [0.25, 0.3) is 0 Å². The highest BCUT2D eigenvalue weighted by Crippen LogP contribution is 2.68. The quantitative estimate of drug-likeness (QED) is 0.219. The van der Waals surface area contributed by atoms with Crippen LogP contribution >= 0.6 is 0 Å². The van der Waals surface area contributed by atoms with Crippen LogP contribution in [0.5, 0.6) is 0 Å². The Morgan fingerprint density at radius 3 is 1.23 bits per heavy atom. The van der Waals surface area contributed by atoms with Gasteiger partial charge in [0.05, 0.1) is 12.2 Å². The van der Waals surface area contributed by atoms with E-state index in [4.69, 9.17) is 0 Å². The molecule has 8 saturated carbocycles. The average molecular weight is 607 g/mol. The van der Waals surface area contributed by atoms with Crippen molar-refractivity contribution in [3.05, 3.63) is 0 Å². The van der Waals surface area contributed by atoms with Crippen LogP contribution < -0.4 is 0 Å². The Morgan fingerprint density at radius 2 is 0.818 bits per heavy atom. The zero-order chi connectivity index (χ0) is 30.9. The third-order valence-electron chi connectivity index (χ3n) is 17.9. The normalized spacial score (nSPS) is 61.3. The highest BCUT2D eigenvalue weighted by Gasteiger charge is 2.63. The van der Waals surface area contributed by atoms with Crippen molar-refractivity contribution in [1.29, 1.82) is 0 Å². The predicted molar refractivity (Wildman–Crippen MR) is 173 cm³/mol. The fourth-order valence-corrected chi connectivity index (χ4v) is 14.9. The fourth-order valence-electron chi connectivity index (χ4n) is 14.9. The molecule has 0 amide bonds. The van der Waals surface area contributed by atoms with E-state index in [2.05, 4.69) is 39.5 Å². The first kappa shape index (κ1) is 30.7. The Kier molecular flexibility index (Phi) is 6.96. The lowest BCUT2D eigenvalue weighted by Crippen LogP contribution is -2.56. The number of aliphatic hydroxyl groups is 4. The lowest BCUT2D eigenvalue weighted by atomic mass is 9.44. The fraction of sp³-hybridized carbons (Fsp3) is 0.950. The maximum atomic E-state index is 11.9. The van der Waals surface area contributed by atoms with Crippen molar-refractivity contribution in [3.8, 4) is 11.8 Å². The van der Waals surface area contributed by atoms with Crippen LogP contribution in [0, 0.1) is 80.8 Å². The first-order valence-corrected chi connectivity index (χ1v) is 19.1. The van der Waals surface area contributed by atoms with Crippen LogP contribution in [0.2, 0.25) is 0 Å². The van der Waals surface area contributed by atoms with Crippen LogP contribution in [0.3, 0.4) is 0 Å². The van der Waals surface area contributed by atoms with Gasteiger partial charge in [-0.1, -0.05) is 39.5 Å². The second-order valence-electron chi connectivity index (χ2n) is 19.3. The second kappa shape index (κ2) is 9.96. The van der Waals surface area contributed by atoms with Gasteiger partial charge in [0, 0.05) is 0 Å². The molecule has 0 spiro atoms. The van der Waals surface area contributed by atoms with Crippen molar-refractivity contribution < 1.29 is 20.4 Å². The zero-order valence-corrected chi connectivity index (χ0v) is 28.3. The summed E-state index contributed by atoms with van der Waals surface area (Å²) in [5.41, 5.74) is -1.19. The largest absolute Gasteiger partial charge is 0.393 e. The van der Waals surface area contributed by atoms with E-state index in [1.165, 1.54) is 51.4 Å². The van der Waals surface area contributed by atoms with Crippen molar-refractivity contribution in [2.24, 2.45) is 69.0 Å². The monoisotopic (exact) mass is 606 g/mol. The molecule has 0 aliphatic heterocycles. The van der Waals surface area contributed by atoms with Gasteiger partial charge in [-0.3, -0.25) is 0 Å². The van der Waals surface area contributed by atoms with Gasteiger partial charge in [0.1, 0.15) is 11.2 Å². The lowest BCUT2D eigenvalue weighted by Gasteiger charge is -2.61. The van der Waals surface area contributed by atoms with E-state index in [9.17, 15) is 20.4 Å². The predicted octanol–water partition coefficient (Wildman–Crippen LogP) is 7.26. The summed E-state index contributed by atoms with van der Waals surface area (Å²) in [5.74, 6) is 12.0. The molecule has 8 aliphatic rings. The maximum Gasteiger partial charge on any atom is 0.125 e. The van der Waals surface area contributed by atoms with E-state index in [1.807, 2.05) is 0 Å². The van der Waals surface area contributed by atoms with Crippen LogP contribution in [0.15, 0.2) is 0 Å². The molecular weight excluding hydrogens is 544 g/mol. The number of fused-ring (bicyclic) bond motifs is 10. The Bertz CT molecular complexity index is 1130. The van der Waals surface area contributed by atoms with E-state index >= 15 is 0 Å². The molecule has 8 aliphatic carbocycles. The molecule has 8 rings (SSSR count). The topological polar surface area (TPSA) is 80.9 Å². The minimum atomic E-state index is -0.977. The Hall–Kier alpha value is -0.600. The number of rotatable bonds is 0. The third-order valence-corrected chi connectivity index (χ3v) is 17.9. The zero-order valence-electron chi connectivity index (χ0n) is 28.3. The summed E-state index contributed by atoms with van der Waals surface area (Å²) in [5, 5.41) is 45.5. The number of aliphatic hydroxyl groups excluding tert-OH is 2. The minimum absolute atomic E-state index is 0.118. The van der Waals surface area contributed by atoms with Gasteiger partial charge in [-0.2, -0.15) is 0 Å². The Balaban J connectivity index is 0.951. The Labute approximate surface area is 267 Å².